The predicted octanol–water partition coefficient (Wildman–Crippen LogP) is 0.988. The molecular formula is C17H18N4O3. The Balaban J connectivity index is 2.39. The van der Waals surface area contributed by atoms with Crippen LogP contribution in [0.1, 0.15) is 5.56 Å². The molecule has 3 rings (SSSR count). The fraction of sp³-hybridized carbons (Fsp3) is 0.235. The molecule has 0 atom stereocenters. The maximum Gasteiger partial charge on any atom is 0.332 e. The van der Waals surface area contributed by atoms with Gasteiger partial charge in [-0.1, -0.05) is 17.7 Å². The van der Waals surface area contributed by atoms with Gasteiger partial charge in [0.15, 0.2) is 0 Å². The summed E-state index contributed by atoms with van der Waals surface area (Å²) in [6.07, 6.45) is 0. The summed E-state index contributed by atoms with van der Waals surface area (Å²) in [7, 11) is 4.50. The number of benzene rings is 1. The first-order valence-corrected chi connectivity index (χ1v) is 7.44. The summed E-state index contributed by atoms with van der Waals surface area (Å²) >= 11 is 0. The molecule has 24 heavy (non-hydrogen) atoms. The molecule has 0 spiro atoms. The standard InChI is InChI=1S/C17H18N4O3/c1-10-5-7-11(8-6-10)18-12-9-13(22)19(2)15-14(12)16(23)21(4)17(24)20(15)3/h5-9,18H,1-4H3. The van der Waals surface area contributed by atoms with Crippen molar-refractivity contribution in [2.45, 2.75) is 6.92 Å². The molecule has 0 aliphatic rings. The zero-order chi connectivity index (χ0) is 17.6. The molecule has 0 amide bonds. The van der Waals surface area contributed by atoms with E-state index in [2.05, 4.69) is 5.32 Å². The molecule has 7 heteroatoms. The fourth-order valence-corrected chi connectivity index (χ4v) is 2.75. The van der Waals surface area contributed by atoms with E-state index in [0.717, 1.165) is 15.8 Å². The summed E-state index contributed by atoms with van der Waals surface area (Å²) in [4.78, 5) is 37.0. The largest absolute Gasteiger partial charge is 0.355 e. The number of anilines is 2. The highest BCUT2D eigenvalue weighted by atomic mass is 16.2. The first-order valence-electron chi connectivity index (χ1n) is 7.44. The van der Waals surface area contributed by atoms with Crippen molar-refractivity contribution in [1.29, 1.82) is 0 Å². The van der Waals surface area contributed by atoms with Crippen LogP contribution in [-0.2, 0) is 21.1 Å². The summed E-state index contributed by atoms with van der Waals surface area (Å²) in [5.74, 6) is 0. The Morgan fingerprint density at radius 1 is 0.875 bits per heavy atom. The third-order valence-electron chi connectivity index (χ3n) is 4.15. The Bertz CT molecular complexity index is 1120. The zero-order valence-corrected chi connectivity index (χ0v) is 14.0. The van der Waals surface area contributed by atoms with Gasteiger partial charge in [0, 0.05) is 32.9 Å². The van der Waals surface area contributed by atoms with Gasteiger partial charge in [0.05, 0.1) is 5.69 Å². The molecular weight excluding hydrogens is 308 g/mol. The van der Waals surface area contributed by atoms with Crippen molar-refractivity contribution >= 4 is 22.4 Å². The van der Waals surface area contributed by atoms with E-state index in [4.69, 9.17) is 0 Å². The van der Waals surface area contributed by atoms with Crippen LogP contribution < -0.4 is 22.1 Å². The smallest absolute Gasteiger partial charge is 0.332 e. The Morgan fingerprint density at radius 2 is 1.50 bits per heavy atom. The minimum atomic E-state index is -0.477. The molecule has 124 valence electrons. The van der Waals surface area contributed by atoms with Gasteiger partial charge in [-0.05, 0) is 19.1 Å². The van der Waals surface area contributed by atoms with Crippen molar-refractivity contribution in [3.05, 3.63) is 67.1 Å². The summed E-state index contributed by atoms with van der Waals surface area (Å²) in [5, 5.41) is 3.41. The van der Waals surface area contributed by atoms with Gasteiger partial charge in [-0.2, -0.15) is 0 Å². The molecule has 2 heterocycles. The molecule has 7 nitrogen and oxygen atoms in total. The molecule has 0 aliphatic heterocycles. The van der Waals surface area contributed by atoms with Gasteiger partial charge >= 0.3 is 5.69 Å². The second kappa shape index (κ2) is 5.52. The molecule has 1 aromatic carbocycles. The van der Waals surface area contributed by atoms with Gasteiger partial charge in [-0.15, -0.1) is 0 Å². The lowest BCUT2D eigenvalue weighted by molar-refractivity contribution is 0.689. The van der Waals surface area contributed by atoms with E-state index in [9.17, 15) is 14.4 Å². The van der Waals surface area contributed by atoms with Crippen LogP contribution in [0, 0.1) is 6.92 Å². The minimum Gasteiger partial charge on any atom is -0.355 e. The van der Waals surface area contributed by atoms with Crippen LogP contribution in [0.25, 0.3) is 11.0 Å². The normalized spacial score (nSPS) is 11.0. The average molecular weight is 326 g/mol. The number of pyridine rings is 1. The Hall–Kier alpha value is -3.09. The maximum atomic E-state index is 12.6. The molecule has 0 aliphatic carbocycles. The van der Waals surface area contributed by atoms with Crippen LogP contribution >= 0.6 is 0 Å². The van der Waals surface area contributed by atoms with Crippen LogP contribution in [0.3, 0.4) is 0 Å². The van der Waals surface area contributed by atoms with Crippen molar-refractivity contribution in [3.8, 4) is 0 Å². The molecule has 0 saturated carbocycles. The molecule has 0 saturated heterocycles. The lowest BCUT2D eigenvalue weighted by Crippen LogP contribution is -2.39. The number of nitrogens with one attached hydrogen (secondary N) is 1. The van der Waals surface area contributed by atoms with Gasteiger partial charge in [-0.25, -0.2) is 4.79 Å². The Morgan fingerprint density at radius 3 is 2.12 bits per heavy atom. The molecule has 1 N–H and O–H groups in total. The van der Waals surface area contributed by atoms with E-state index < -0.39 is 11.2 Å². The second-order valence-electron chi connectivity index (χ2n) is 5.85. The SMILES string of the molecule is Cc1ccc(Nc2cc(=O)n(C)c3c2c(=O)n(C)c(=O)n3C)cc1. The summed E-state index contributed by atoms with van der Waals surface area (Å²) in [6.45, 7) is 1.98. The highest BCUT2D eigenvalue weighted by molar-refractivity contribution is 5.90. The van der Waals surface area contributed by atoms with Gasteiger partial charge in [0.25, 0.3) is 11.1 Å². The van der Waals surface area contributed by atoms with E-state index in [0.29, 0.717) is 11.1 Å². The Labute approximate surface area is 137 Å². The van der Waals surface area contributed by atoms with E-state index in [1.54, 1.807) is 14.1 Å². The van der Waals surface area contributed by atoms with Crippen LogP contribution in [-0.4, -0.2) is 13.7 Å². The topological polar surface area (TPSA) is 78.0 Å². The van der Waals surface area contributed by atoms with Crippen LogP contribution in [0.2, 0.25) is 0 Å². The zero-order valence-electron chi connectivity index (χ0n) is 14.0. The van der Waals surface area contributed by atoms with E-state index in [1.165, 1.54) is 22.2 Å². The third kappa shape index (κ3) is 2.34. The maximum absolute atomic E-state index is 12.6. The van der Waals surface area contributed by atoms with Crippen molar-refractivity contribution in [2.24, 2.45) is 21.1 Å². The van der Waals surface area contributed by atoms with Crippen LogP contribution in [0.4, 0.5) is 11.4 Å². The lowest BCUT2D eigenvalue weighted by Gasteiger charge is -2.15. The molecule has 0 bridgehead atoms. The number of fused-ring (bicyclic) bond motifs is 1. The fourth-order valence-electron chi connectivity index (χ4n) is 2.75. The Kier molecular flexibility index (Phi) is 3.63. The number of nitrogens with zero attached hydrogens (tertiary/aromatic N) is 3. The van der Waals surface area contributed by atoms with Crippen molar-refractivity contribution in [2.75, 3.05) is 5.32 Å². The number of hydrogen-bond acceptors (Lipinski definition) is 4. The second-order valence-corrected chi connectivity index (χ2v) is 5.85. The first kappa shape index (κ1) is 15.8. The van der Waals surface area contributed by atoms with E-state index >= 15 is 0 Å². The summed E-state index contributed by atoms with van der Waals surface area (Å²) in [5.41, 5.74) is 1.30. The predicted molar refractivity (Wildman–Crippen MR) is 94.1 cm³/mol. The van der Waals surface area contributed by atoms with Crippen LogP contribution in [0.5, 0.6) is 0 Å². The number of rotatable bonds is 2. The van der Waals surface area contributed by atoms with E-state index in [1.807, 2.05) is 31.2 Å². The molecule has 0 unspecified atom stereocenters. The number of aryl methyl sites for hydroxylation is 3. The number of aromatic nitrogens is 3. The van der Waals surface area contributed by atoms with Crippen LogP contribution in [0.15, 0.2) is 44.7 Å². The first-order chi connectivity index (χ1) is 11.3. The number of hydrogen-bond donors (Lipinski definition) is 1. The van der Waals surface area contributed by atoms with E-state index in [-0.39, 0.29) is 11.2 Å². The minimum absolute atomic E-state index is 0.283. The average Bonchev–Trinajstić information content (AvgIpc) is 2.56. The van der Waals surface area contributed by atoms with Crippen molar-refractivity contribution in [1.82, 2.24) is 13.7 Å². The third-order valence-corrected chi connectivity index (χ3v) is 4.15. The van der Waals surface area contributed by atoms with Gasteiger partial charge in [0.2, 0.25) is 0 Å². The highest BCUT2D eigenvalue weighted by Gasteiger charge is 2.16. The van der Waals surface area contributed by atoms with Crippen molar-refractivity contribution < 1.29 is 0 Å². The van der Waals surface area contributed by atoms with Gasteiger partial charge in [0.1, 0.15) is 11.0 Å². The molecule has 0 fully saturated rings. The lowest BCUT2D eigenvalue weighted by atomic mass is 10.2. The molecule has 3 aromatic rings. The molecule has 0 radical (unpaired) electrons. The summed E-state index contributed by atoms with van der Waals surface area (Å²) in [6, 6.07) is 8.96. The van der Waals surface area contributed by atoms with Crippen molar-refractivity contribution in [3.63, 3.8) is 0 Å². The molecule has 2 aromatic heterocycles. The monoisotopic (exact) mass is 326 g/mol. The highest BCUT2D eigenvalue weighted by Crippen LogP contribution is 2.21. The van der Waals surface area contributed by atoms with Gasteiger partial charge < -0.3 is 5.32 Å². The van der Waals surface area contributed by atoms with Gasteiger partial charge in [-0.3, -0.25) is 23.3 Å². The summed E-state index contributed by atoms with van der Waals surface area (Å²) < 4.78 is 3.64. The quantitative estimate of drug-likeness (QED) is 0.762.